The summed E-state index contributed by atoms with van der Waals surface area (Å²) >= 11 is 7.19. The van der Waals surface area contributed by atoms with Gasteiger partial charge in [0.25, 0.3) is 0 Å². The molecule has 11 heteroatoms. The monoisotopic (exact) mass is 533 g/mol. The number of rotatable bonds is 5. The number of alkyl halides is 3. The van der Waals surface area contributed by atoms with Crippen molar-refractivity contribution in [2.24, 2.45) is 10.2 Å². The minimum atomic E-state index is -4.58. The van der Waals surface area contributed by atoms with E-state index in [2.05, 4.69) is 32.3 Å². The van der Waals surface area contributed by atoms with Crippen LogP contribution in [0.5, 0.6) is 5.88 Å². The summed E-state index contributed by atoms with van der Waals surface area (Å²) in [7, 11) is 0. The molecule has 1 unspecified atom stereocenters. The quantitative estimate of drug-likeness (QED) is 0.517. The van der Waals surface area contributed by atoms with Gasteiger partial charge in [0.2, 0.25) is 5.88 Å². The Morgan fingerprint density at radius 1 is 1.25 bits per heavy atom. The molecule has 1 atom stereocenters. The minimum Gasteiger partial charge on any atom is -0.492 e. The molecule has 0 radical (unpaired) electrons. The molecular weight excluding hydrogens is 511 g/mol. The lowest BCUT2D eigenvalue weighted by molar-refractivity contribution is -0.138. The van der Waals surface area contributed by atoms with Gasteiger partial charge in [0.05, 0.1) is 22.0 Å². The van der Waals surface area contributed by atoms with Crippen molar-refractivity contribution in [1.29, 1.82) is 0 Å². The van der Waals surface area contributed by atoms with Crippen LogP contribution in [-0.4, -0.2) is 42.0 Å². The van der Waals surface area contributed by atoms with E-state index in [-0.39, 0.29) is 22.9 Å². The summed E-state index contributed by atoms with van der Waals surface area (Å²) in [5.41, 5.74) is 0.550. The van der Waals surface area contributed by atoms with Crippen molar-refractivity contribution in [3.63, 3.8) is 0 Å². The van der Waals surface area contributed by atoms with Crippen LogP contribution in [0.1, 0.15) is 34.9 Å². The summed E-state index contributed by atoms with van der Waals surface area (Å²) in [6.07, 6.45) is -2.10. The van der Waals surface area contributed by atoms with E-state index in [0.29, 0.717) is 32.2 Å². The summed E-state index contributed by atoms with van der Waals surface area (Å²) in [6, 6.07) is 9.45. The van der Waals surface area contributed by atoms with Crippen molar-refractivity contribution in [3.8, 4) is 5.88 Å². The Morgan fingerprint density at radius 3 is 2.86 bits per heavy atom. The predicted molar refractivity (Wildman–Crippen MR) is 136 cm³/mol. The zero-order valence-electron chi connectivity index (χ0n) is 19.3. The topological polar surface area (TPSA) is 73.1 Å². The fourth-order valence-electron chi connectivity index (χ4n) is 4.47. The van der Waals surface area contributed by atoms with E-state index in [9.17, 15) is 18.3 Å². The summed E-state index contributed by atoms with van der Waals surface area (Å²) in [5.74, 6) is -0.196. The fourth-order valence-corrected chi connectivity index (χ4v) is 5.70. The smallest absolute Gasteiger partial charge is 0.416 e. The number of nitrogens with zero attached hydrogens (tertiary/aromatic N) is 4. The van der Waals surface area contributed by atoms with Crippen molar-refractivity contribution in [2.45, 2.75) is 32.0 Å². The molecule has 0 spiro atoms. The van der Waals surface area contributed by atoms with Crippen LogP contribution in [0.15, 0.2) is 46.6 Å². The van der Waals surface area contributed by atoms with Crippen LogP contribution in [0.25, 0.3) is 5.57 Å². The highest BCUT2D eigenvalue weighted by atomic mass is 35.5. The van der Waals surface area contributed by atoms with Crippen LogP contribution in [0.4, 0.5) is 18.3 Å². The molecule has 1 saturated heterocycles. The van der Waals surface area contributed by atoms with Crippen molar-refractivity contribution in [1.82, 2.24) is 10.3 Å². The van der Waals surface area contributed by atoms with Gasteiger partial charge in [-0.05, 0) is 47.0 Å². The Balaban J connectivity index is 1.64. The van der Waals surface area contributed by atoms with Gasteiger partial charge in [-0.25, -0.2) is 0 Å². The maximum atomic E-state index is 13.9. The van der Waals surface area contributed by atoms with E-state index in [1.54, 1.807) is 18.3 Å². The first-order chi connectivity index (χ1) is 17.2. The number of hydrogen-bond acceptors (Lipinski definition) is 7. The van der Waals surface area contributed by atoms with Crippen LogP contribution in [-0.2, 0) is 12.6 Å². The van der Waals surface area contributed by atoms with E-state index in [0.717, 1.165) is 37.7 Å². The van der Waals surface area contributed by atoms with Gasteiger partial charge >= 0.3 is 6.18 Å². The third kappa shape index (κ3) is 4.98. The molecule has 188 valence electrons. The highest BCUT2D eigenvalue weighted by molar-refractivity contribution is 7.17. The van der Waals surface area contributed by atoms with Crippen LogP contribution in [0, 0.1) is 0 Å². The van der Waals surface area contributed by atoms with E-state index in [1.807, 2.05) is 6.07 Å². The Labute approximate surface area is 214 Å². The van der Waals surface area contributed by atoms with E-state index >= 15 is 0 Å². The van der Waals surface area contributed by atoms with Gasteiger partial charge < -0.3 is 15.3 Å². The average Bonchev–Trinajstić information content (AvgIpc) is 3.48. The van der Waals surface area contributed by atoms with E-state index in [4.69, 9.17) is 11.6 Å². The van der Waals surface area contributed by atoms with Crippen LogP contribution >= 0.6 is 22.9 Å². The molecule has 0 aliphatic carbocycles. The zero-order chi connectivity index (χ0) is 25.4. The first kappa shape index (κ1) is 24.7. The van der Waals surface area contributed by atoms with E-state index in [1.165, 1.54) is 23.5 Å². The second-order valence-electron chi connectivity index (χ2n) is 8.73. The number of benzene rings is 2. The fraction of sp³-hybridized carbons (Fsp3) is 0.320. The summed E-state index contributed by atoms with van der Waals surface area (Å²) in [5, 5.41) is 24.3. The number of nitrogens with one attached hydrogen (secondary N) is 1. The number of fused-ring (bicyclic) bond motifs is 1. The van der Waals surface area contributed by atoms with Crippen LogP contribution in [0.3, 0.4) is 0 Å². The van der Waals surface area contributed by atoms with Gasteiger partial charge in [0.15, 0.2) is 5.13 Å². The molecule has 0 bridgehead atoms. The number of aromatic nitrogens is 1. The molecule has 0 saturated carbocycles. The third-order valence-electron chi connectivity index (χ3n) is 6.37. The molecule has 2 N–H and O–H groups in total. The molecule has 2 aliphatic heterocycles. The number of aromatic hydroxyl groups is 1. The molecule has 0 amide bonds. The van der Waals surface area contributed by atoms with Crippen molar-refractivity contribution in [2.75, 3.05) is 24.5 Å². The Bertz CT molecular complexity index is 1450. The zero-order valence-corrected chi connectivity index (χ0v) is 20.9. The number of thiazole rings is 1. The molecule has 3 heterocycles. The molecule has 6 nitrogen and oxygen atoms in total. The second-order valence-corrected chi connectivity index (χ2v) is 10.1. The lowest BCUT2D eigenvalue weighted by Gasteiger charge is -2.32. The largest absolute Gasteiger partial charge is 0.492 e. The van der Waals surface area contributed by atoms with Gasteiger partial charge in [0.1, 0.15) is 0 Å². The number of hydrogen-bond donors (Lipinski definition) is 2. The minimum absolute atomic E-state index is 0.00934. The van der Waals surface area contributed by atoms with Gasteiger partial charge in [-0.3, -0.25) is 0 Å². The summed E-state index contributed by atoms with van der Waals surface area (Å²) in [4.78, 5) is 6.95. The molecule has 5 rings (SSSR count). The second kappa shape index (κ2) is 9.84. The molecule has 36 heavy (non-hydrogen) atoms. The summed E-state index contributed by atoms with van der Waals surface area (Å²) < 4.78 is 41.7. The Kier molecular flexibility index (Phi) is 6.76. The first-order valence-corrected chi connectivity index (χ1v) is 12.7. The molecular formula is C25H23ClF3N5OS. The average molecular weight is 534 g/mol. The summed E-state index contributed by atoms with van der Waals surface area (Å²) in [6.45, 7) is 4.36. The van der Waals surface area contributed by atoms with Crippen molar-refractivity contribution < 1.29 is 18.3 Å². The Morgan fingerprint density at radius 2 is 2.08 bits per heavy atom. The lowest BCUT2D eigenvalue weighted by atomic mass is 9.96. The first-order valence-electron chi connectivity index (χ1n) is 11.5. The van der Waals surface area contributed by atoms with Gasteiger partial charge in [-0.2, -0.15) is 28.4 Å². The maximum Gasteiger partial charge on any atom is 0.416 e. The molecule has 1 fully saturated rings. The van der Waals surface area contributed by atoms with Gasteiger partial charge in [-0.15, -0.1) is 0 Å². The third-order valence-corrected chi connectivity index (χ3v) is 7.77. The molecule has 2 aliphatic rings. The SMILES string of the molecule is CCC1CN(c2nc(O)c(C(Cc3ccc(Cl)cc3C(F)(F)F)=c3ccc4c(c3)C=NN=4)s2)CCN1. The van der Waals surface area contributed by atoms with Gasteiger partial charge in [0, 0.05) is 42.7 Å². The number of anilines is 1. The molecule has 3 aromatic rings. The van der Waals surface area contributed by atoms with Crippen LogP contribution < -0.4 is 20.8 Å². The molecule has 1 aromatic heterocycles. The predicted octanol–water partition coefficient (Wildman–Crippen LogP) is 4.12. The lowest BCUT2D eigenvalue weighted by Crippen LogP contribution is -2.50. The van der Waals surface area contributed by atoms with Crippen molar-refractivity contribution in [3.05, 3.63) is 73.6 Å². The maximum absolute atomic E-state index is 13.9. The van der Waals surface area contributed by atoms with Gasteiger partial charge in [-0.1, -0.05) is 42.0 Å². The van der Waals surface area contributed by atoms with Crippen LogP contribution in [0.2, 0.25) is 5.02 Å². The Hall–Kier alpha value is -2.95. The highest BCUT2D eigenvalue weighted by Gasteiger charge is 2.34. The standard InChI is InChI=1S/C25H23ClF3N5OS/c1-2-18-13-34(8-7-30-18)24-32-23(35)22(36-24)19(14-4-6-21-16(9-14)12-31-33-21)10-15-3-5-17(26)11-20(15)25(27,28)29/h3-6,9,11-12,18,30,35H,2,7-8,10,13H2,1H3. The number of halogens is 4. The number of piperazine rings is 1. The van der Waals surface area contributed by atoms with Crippen molar-refractivity contribution >= 4 is 39.9 Å². The van der Waals surface area contributed by atoms with E-state index < -0.39 is 11.7 Å². The normalized spacial score (nSPS) is 18.2. The highest BCUT2D eigenvalue weighted by Crippen LogP contribution is 2.39. The molecule has 2 aromatic carbocycles.